The fourth-order valence-corrected chi connectivity index (χ4v) is 1.97. The Balaban J connectivity index is 2.23. The van der Waals surface area contributed by atoms with Crippen molar-refractivity contribution in [1.29, 1.82) is 0 Å². The Morgan fingerprint density at radius 3 is 2.41 bits per heavy atom. The first-order valence-corrected chi connectivity index (χ1v) is 6.38. The number of hydrogen-bond donors (Lipinski definition) is 1. The standard InChI is InChI=1S/C14H10ClF3N2O2/c1-22-10-6-7-19-12(15)11(10)13(21)20-9-4-2-8(3-5-9)14(16,17)18/h2-7H,1H3,(H,20,21). The van der Waals surface area contributed by atoms with Gasteiger partial charge in [-0.05, 0) is 30.3 Å². The maximum atomic E-state index is 12.5. The molecule has 0 unspecified atom stereocenters. The Kier molecular flexibility index (Phi) is 4.56. The van der Waals surface area contributed by atoms with E-state index in [1.807, 2.05) is 0 Å². The van der Waals surface area contributed by atoms with E-state index in [-0.39, 0.29) is 22.2 Å². The lowest BCUT2D eigenvalue weighted by Crippen LogP contribution is -2.14. The van der Waals surface area contributed by atoms with Gasteiger partial charge in [-0.15, -0.1) is 0 Å². The molecule has 0 saturated carbocycles. The summed E-state index contributed by atoms with van der Waals surface area (Å²) in [6, 6.07) is 5.50. The molecule has 8 heteroatoms. The molecule has 2 aromatic rings. The van der Waals surface area contributed by atoms with Gasteiger partial charge in [-0.1, -0.05) is 11.6 Å². The van der Waals surface area contributed by atoms with E-state index in [1.54, 1.807) is 0 Å². The van der Waals surface area contributed by atoms with Gasteiger partial charge < -0.3 is 10.1 Å². The second-order valence-electron chi connectivity index (χ2n) is 4.21. The number of alkyl halides is 3. The molecule has 1 heterocycles. The molecule has 0 bridgehead atoms. The maximum Gasteiger partial charge on any atom is 0.416 e. The number of rotatable bonds is 3. The third-order valence-corrected chi connectivity index (χ3v) is 3.07. The van der Waals surface area contributed by atoms with Crippen LogP contribution in [0, 0.1) is 0 Å². The zero-order chi connectivity index (χ0) is 16.3. The van der Waals surface area contributed by atoms with E-state index in [0.29, 0.717) is 0 Å². The van der Waals surface area contributed by atoms with E-state index >= 15 is 0 Å². The van der Waals surface area contributed by atoms with Crippen LogP contribution in [0.5, 0.6) is 5.75 Å². The van der Waals surface area contributed by atoms with Gasteiger partial charge in [-0.25, -0.2) is 4.98 Å². The van der Waals surface area contributed by atoms with Crippen LogP contribution in [-0.2, 0) is 6.18 Å². The summed E-state index contributed by atoms with van der Waals surface area (Å²) in [4.78, 5) is 15.9. The zero-order valence-corrected chi connectivity index (χ0v) is 12.0. The van der Waals surface area contributed by atoms with Crippen molar-refractivity contribution in [3.05, 3.63) is 52.8 Å². The molecule has 116 valence electrons. The summed E-state index contributed by atoms with van der Waals surface area (Å²) in [5.41, 5.74) is -0.603. The average Bonchev–Trinajstić information content (AvgIpc) is 2.46. The van der Waals surface area contributed by atoms with Crippen molar-refractivity contribution in [2.75, 3.05) is 12.4 Å². The van der Waals surface area contributed by atoms with Crippen molar-refractivity contribution < 1.29 is 22.7 Å². The predicted molar refractivity (Wildman–Crippen MR) is 75.2 cm³/mol. The number of ether oxygens (including phenoxy) is 1. The van der Waals surface area contributed by atoms with Gasteiger partial charge >= 0.3 is 6.18 Å². The number of halogens is 4. The van der Waals surface area contributed by atoms with Crippen LogP contribution < -0.4 is 10.1 Å². The minimum Gasteiger partial charge on any atom is -0.496 e. The van der Waals surface area contributed by atoms with Gasteiger partial charge in [0, 0.05) is 11.9 Å². The number of anilines is 1. The smallest absolute Gasteiger partial charge is 0.416 e. The molecule has 4 nitrogen and oxygen atoms in total. The first kappa shape index (κ1) is 16.1. The van der Waals surface area contributed by atoms with Gasteiger partial charge in [0.15, 0.2) is 0 Å². The van der Waals surface area contributed by atoms with Gasteiger partial charge in [0.1, 0.15) is 16.5 Å². The van der Waals surface area contributed by atoms with Gasteiger partial charge in [0.25, 0.3) is 5.91 Å². The molecule has 0 spiro atoms. The molecule has 0 atom stereocenters. The molecule has 0 radical (unpaired) electrons. The van der Waals surface area contributed by atoms with Gasteiger partial charge in [-0.3, -0.25) is 4.79 Å². The number of nitrogens with zero attached hydrogens (tertiary/aromatic N) is 1. The van der Waals surface area contributed by atoms with Crippen LogP contribution in [0.1, 0.15) is 15.9 Å². The molecule has 0 fully saturated rings. The molecule has 1 amide bonds. The first-order chi connectivity index (χ1) is 10.3. The molecule has 2 rings (SSSR count). The second kappa shape index (κ2) is 6.23. The van der Waals surface area contributed by atoms with Crippen molar-refractivity contribution in [1.82, 2.24) is 4.98 Å². The molecule has 1 aromatic heterocycles. The Bertz CT molecular complexity index is 687. The summed E-state index contributed by atoms with van der Waals surface area (Å²) in [6.45, 7) is 0. The number of pyridine rings is 1. The number of methoxy groups -OCH3 is 1. The van der Waals surface area contributed by atoms with Crippen molar-refractivity contribution in [2.24, 2.45) is 0 Å². The van der Waals surface area contributed by atoms with Crippen LogP contribution in [0.15, 0.2) is 36.5 Å². The minimum absolute atomic E-state index is 0.00608. The van der Waals surface area contributed by atoms with Crippen molar-refractivity contribution in [2.45, 2.75) is 6.18 Å². The van der Waals surface area contributed by atoms with Crippen molar-refractivity contribution >= 4 is 23.2 Å². The lowest BCUT2D eigenvalue weighted by molar-refractivity contribution is -0.137. The summed E-state index contributed by atoms with van der Waals surface area (Å²) in [6.07, 6.45) is -3.06. The van der Waals surface area contributed by atoms with Crippen LogP contribution in [0.3, 0.4) is 0 Å². The number of nitrogens with one attached hydrogen (secondary N) is 1. The maximum absolute atomic E-state index is 12.5. The Hall–Kier alpha value is -2.28. The Morgan fingerprint density at radius 1 is 1.23 bits per heavy atom. The molecule has 1 aromatic carbocycles. The molecular weight excluding hydrogens is 321 g/mol. The summed E-state index contributed by atoms with van der Waals surface area (Å²) in [5.74, 6) is -0.417. The van der Waals surface area contributed by atoms with E-state index in [0.717, 1.165) is 24.3 Å². The van der Waals surface area contributed by atoms with Gasteiger partial charge in [-0.2, -0.15) is 13.2 Å². The SMILES string of the molecule is COc1ccnc(Cl)c1C(=O)Nc1ccc(C(F)(F)F)cc1. The van der Waals surface area contributed by atoms with Crippen LogP contribution >= 0.6 is 11.6 Å². The molecular formula is C14H10ClF3N2O2. The number of carbonyl (C=O) groups is 1. The molecule has 22 heavy (non-hydrogen) atoms. The normalized spacial score (nSPS) is 11.1. The third kappa shape index (κ3) is 3.48. The quantitative estimate of drug-likeness (QED) is 0.865. The number of aromatic nitrogens is 1. The predicted octanol–water partition coefficient (Wildman–Crippen LogP) is 4.01. The van der Waals surface area contributed by atoms with Crippen LogP contribution in [-0.4, -0.2) is 18.0 Å². The third-order valence-electron chi connectivity index (χ3n) is 2.78. The highest BCUT2D eigenvalue weighted by Crippen LogP contribution is 2.30. The number of benzene rings is 1. The molecule has 0 saturated heterocycles. The van der Waals surface area contributed by atoms with E-state index < -0.39 is 17.6 Å². The van der Waals surface area contributed by atoms with Crippen LogP contribution in [0.2, 0.25) is 5.15 Å². The largest absolute Gasteiger partial charge is 0.496 e. The number of hydrogen-bond acceptors (Lipinski definition) is 3. The monoisotopic (exact) mass is 330 g/mol. The second-order valence-corrected chi connectivity index (χ2v) is 4.57. The van der Waals surface area contributed by atoms with E-state index in [9.17, 15) is 18.0 Å². The zero-order valence-electron chi connectivity index (χ0n) is 11.2. The fraction of sp³-hybridized carbons (Fsp3) is 0.143. The highest BCUT2D eigenvalue weighted by Gasteiger charge is 2.30. The summed E-state index contributed by atoms with van der Waals surface area (Å²) >= 11 is 5.85. The number of amides is 1. The highest BCUT2D eigenvalue weighted by atomic mass is 35.5. The Morgan fingerprint density at radius 2 is 1.86 bits per heavy atom. The minimum atomic E-state index is -4.43. The summed E-state index contributed by atoms with van der Waals surface area (Å²) in [5, 5.41) is 2.38. The molecule has 0 aliphatic carbocycles. The first-order valence-electron chi connectivity index (χ1n) is 6.00. The fourth-order valence-electron chi connectivity index (χ4n) is 1.73. The topological polar surface area (TPSA) is 51.2 Å². The highest BCUT2D eigenvalue weighted by molar-refractivity contribution is 6.33. The van der Waals surface area contributed by atoms with E-state index in [2.05, 4.69) is 10.3 Å². The van der Waals surface area contributed by atoms with Gasteiger partial charge in [0.05, 0.1) is 12.7 Å². The summed E-state index contributed by atoms with van der Waals surface area (Å²) < 4.78 is 42.4. The average molecular weight is 331 g/mol. The van der Waals surface area contributed by atoms with Crippen molar-refractivity contribution in [3.8, 4) is 5.75 Å². The van der Waals surface area contributed by atoms with Crippen LogP contribution in [0.25, 0.3) is 0 Å². The summed E-state index contributed by atoms with van der Waals surface area (Å²) in [7, 11) is 1.36. The lowest BCUT2D eigenvalue weighted by Gasteiger charge is -2.11. The Labute approximate surface area is 128 Å². The van der Waals surface area contributed by atoms with Gasteiger partial charge in [0.2, 0.25) is 0 Å². The number of carbonyl (C=O) groups excluding carboxylic acids is 1. The van der Waals surface area contributed by atoms with E-state index in [4.69, 9.17) is 16.3 Å². The van der Waals surface area contributed by atoms with E-state index in [1.165, 1.54) is 19.4 Å². The van der Waals surface area contributed by atoms with Crippen LogP contribution in [0.4, 0.5) is 18.9 Å². The molecule has 1 N–H and O–H groups in total. The molecule has 0 aliphatic rings. The molecule has 0 aliphatic heterocycles. The lowest BCUT2D eigenvalue weighted by atomic mass is 10.2. The van der Waals surface area contributed by atoms with Crippen molar-refractivity contribution in [3.63, 3.8) is 0 Å².